The van der Waals surface area contributed by atoms with Crippen molar-refractivity contribution >= 4 is 0 Å². The summed E-state index contributed by atoms with van der Waals surface area (Å²) in [4.78, 5) is 0. The molecule has 0 fully saturated rings. The van der Waals surface area contributed by atoms with Crippen LogP contribution in [0.3, 0.4) is 0 Å². The van der Waals surface area contributed by atoms with Gasteiger partial charge in [0.1, 0.15) is 0 Å². The van der Waals surface area contributed by atoms with Gasteiger partial charge in [0.2, 0.25) is 0 Å². The van der Waals surface area contributed by atoms with E-state index in [2.05, 4.69) is 4.74 Å². The Morgan fingerprint density at radius 2 is 2.33 bits per heavy atom. The fraction of sp³-hybridized carbons (Fsp3) is 0.250. The normalized spacial score (nSPS) is 20.7. The first-order valence-electron chi connectivity index (χ1n) is 5.07. The molecule has 1 nitrogen and oxygen atoms in total. The summed E-state index contributed by atoms with van der Waals surface area (Å²) in [7, 11) is -2.74. The molecule has 1 aromatic carbocycles. The monoisotopic (exact) mass is 127 g/mol. The van der Waals surface area contributed by atoms with E-state index >= 15 is 0 Å². The zero-order valence-electron chi connectivity index (χ0n) is 9.79. The first kappa shape index (κ1) is 2.43. The Kier molecular flexibility index (Phi) is 0.878. The van der Waals surface area contributed by atoms with Crippen LogP contribution in [0, 0.1) is 0 Å². The summed E-state index contributed by atoms with van der Waals surface area (Å²) in [5, 5.41) is 0. The average molecular weight is 127 g/mol. The van der Waals surface area contributed by atoms with Crippen molar-refractivity contribution in [3.63, 3.8) is 0 Å². The Hall–Kier alpha value is -0.820. The van der Waals surface area contributed by atoms with Crippen molar-refractivity contribution in [2.45, 2.75) is 6.56 Å². The van der Waals surface area contributed by atoms with Crippen molar-refractivity contribution < 1.29 is 11.6 Å². The van der Waals surface area contributed by atoms with Gasteiger partial charge >= 0.3 is 0 Å². The fourth-order valence-electron chi connectivity index (χ4n) is 0.565. The average Bonchev–Trinajstić information content (AvgIpc) is 2.01. The summed E-state index contributed by atoms with van der Waals surface area (Å²) in [6.07, 6.45) is 0. The molecule has 0 aliphatic rings. The summed E-state index contributed by atoms with van der Waals surface area (Å²) >= 11 is 0. The molecule has 9 heavy (non-hydrogen) atoms. The minimum Gasteiger partial charge on any atom is -0.380 e. The molecule has 0 aliphatic heterocycles. The van der Waals surface area contributed by atoms with Gasteiger partial charge < -0.3 is 4.74 Å². The summed E-state index contributed by atoms with van der Waals surface area (Å²) in [5.74, 6) is 0. The van der Waals surface area contributed by atoms with Gasteiger partial charge in [0.25, 0.3) is 0 Å². The fourth-order valence-corrected chi connectivity index (χ4v) is 0.565. The van der Waals surface area contributed by atoms with E-state index in [1.807, 2.05) is 0 Å². The maximum absolute atomic E-state index is 7.41. The van der Waals surface area contributed by atoms with E-state index in [0.717, 1.165) is 0 Å². The Morgan fingerprint density at radius 3 is 3.00 bits per heavy atom. The Balaban J connectivity index is 2.86. The lowest BCUT2D eigenvalue weighted by molar-refractivity contribution is 0.185. The van der Waals surface area contributed by atoms with E-state index in [4.69, 9.17) is 6.85 Å². The van der Waals surface area contributed by atoms with E-state index < -0.39 is 13.6 Å². The van der Waals surface area contributed by atoms with Gasteiger partial charge in [0, 0.05) is 7.04 Å². The van der Waals surface area contributed by atoms with Gasteiger partial charge in [0.05, 0.1) is 13.4 Å². The van der Waals surface area contributed by atoms with Crippen LogP contribution in [0.1, 0.15) is 12.4 Å². The molecule has 0 atom stereocenters. The number of benzene rings is 1. The van der Waals surface area contributed by atoms with Crippen LogP contribution < -0.4 is 0 Å². The van der Waals surface area contributed by atoms with Crippen molar-refractivity contribution in [1.29, 1.82) is 0 Å². The molecule has 0 amide bonds. The second kappa shape index (κ2) is 3.25. The van der Waals surface area contributed by atoms with Gasteiger partial charge in [0.15, 0.2) is 0 Å². The number of hydrogen-bond donors (Lipinski definition) is 0. The molecule has 48 valence electrons. The minimum absolute atomic E-state index is 0.191. The van der Waals surface area contributed by atoms with Crippen LogP contribution in [0.2, 0.25) is 0 Å². The molecule has 0 heterocycles. The highest BCUT2D eigenvalue weighted by Crippen LogP contribution is 1.98. The van der Waals surface area contributed by atoms with Crippen molar-refractivity contribution in [3.05, 3.63) is 35.9 Å². The maximum Gasteiger partial charge on any atom is 0.0713 e. The summed E-state index contributed by atoms with van der Waals surface area (Å²) in [5.41, 5.74) is 0.191. The van der Waals surface area contributed by atoms with Crippen LogP contribution >= 0.6 is 0 Å². The lowest BCUT2D eigenvalue weighted by Crippen LogP contribution is -1.84. The lowest BCUT2D eigenvalue weighted by Gasteiger charge is -1.95. The molecule has 0 saturated heterocycles. The third kappa shape index (κ3) is 1.86. The molecule has 0 unspecified atom stereocenters. The SMILES string of the molecule is [2H]C([2H])([2H])OC([2H])([2H])c1ccccc1. The van der Waals surface area contributed by atoms with E-state index in [1.165, 1.54) is 12.1 Å². The van der Waals surface area contributed by atoms with Crippen molar-refractivity contribution in [2.75, 3.05) is 7.04 Å². The molecular weight excluding hydrogens is 112 g/mol. The zero-order chi connectivity index (χ0) is 10.8. The molecule has 1 aromatic rings. The molecule has 1 heteroatoms. The quantitative estimate of drug-likeness (QED) is 0.589. The third-order valence-electron chi connectivity index (χ3n) is 0.943. The molecule has 0 N–H and O–H groups in total. The maximum atomic E-state index is 7.41. The van der Waals surface area contributed by atoms with Gasteiger partial charge in [-0.15, -0.1) is 0 Å². The summed E-state index contributed by atoms with van der Waals surface area (Å²) < 4.78 is 39.6. The van der Waals surface area contributed by atoms with Gasteiger partial charge in [-0.3, -0.25) is 0 Å². The van der Waals surface area contributed by atoms with E-state index in [-0.39, 0.29) is 5.56 Å². The highest BCUT2D eigenvalue weighted by Gasteiger charge is 1.84. The predicted octanol–water partition coefficient (Wildman–Crippen LogP) is 1.83. The van der Waals surface area contributed by atoms with E-state index in [0.29, 0.717) is 0 Å². The highest BCUT2D eigenvalue weighted by atomic mass is 16.5. The zero-order valence-corrected chi connectivity index (χ0v) is 4.79. The molecule has 0 saturated carbocycles. The predicted molar refractivity (Wildman–Crippen MR) is 37.2 cm³/mol. The van der Waals surface area contributed by atoms with Crippen molar-refractivity contribution in [2.24, 2.45) is 0 Å². The minimum atomic E-state index is -2.74. The summed E-state index contributed by atoms with van der Waals surface area (Å²) in [6, 6.07) is 7.92. The lowest BCUT2D eigenvalue weighted by atomic mass is 10.2. The first-order valence-corrected chi connectivity index (χ1v) is 2.57. The van der Waals surface area contributed by atoms with Crippen LogP contribution in [0.15, 0.2) is 30.3 Å². The Labute approximate surface area is 62.3 Å². The molecule has 0 radical (unpaired) electrons. The van der Waals surface area contributed by atoms with Crippen molar-refractivity contribution in [1.82, 2.24) is 0 Å². The molecule has 0 aromatic heterocycles. The number of rotatable bonds is 2. The van der Waals surface area contributed by atoms with Crippen LogP contribution in [-0.4, -0.2) is 7.04 Å². The number of methoxy groups -OCH3 is 1. The Bertz CT molecular complexity index is 292. The van der Waals surface area contributed by atoms with Crippen molar-refractivity contribution in [3.8, 4) is 0 Å². The second-order valence-corrected chi connectivity index (χ2v) is 1.57. The molecule has 1 rings (SSSR count). The topological polar surface area (TPSA) is 9.23 Å². The van der Waals surface area contributed by atoms with Crippen LogP contribution in [0.5, 0.6) is 0 Å². The molecule has 0 bridgehead atoms. The second-order valence-electron chi connectivity index (χ2n) is 1.57. The molecular formula is C8H10O. The van der Waals surface area contributed by atoms with Gasteiger partial charge in [-0.1, -0.05) is 30.3 Å². The standard InChI is InChI=1S/C8H10O/c1-9-7-8-5-3-2-4-6-8/h2-6H,7H2,1H3/i1D3,7D2. The van der Waals surface area contributed by atoms with Crippen LogP contribution in [0.4, 0.5) is 0 Å². The highest BCUT2D eigenvalue weighted by molar-refractivity contribution is 5.13. The molecule has 0 spiro atoms. The van der Waals surface area contributed by atoms with Gasteiger partial charge in [-0.05, 0) is 5.56 Å². The van der Waals surface area contributed by atoms with E-state index in [1.54, 1.807) is 18.2 Å². The van der Waals surface area contributed by atoms with E-state index in [9.17, 15) is 0 Å². The number of hydrogen-bond acceptors (Lipinski definition) is 1. The third-order valence-corrected chi connectivity index (χ3v) is 0.943. The summed E-state index contributed by atoms with van der Waals surface area (Å²) in [6.45, 7) is -2.29. The largest absolute Gasteiger partial charge is 0.380 e. The van der Waals surface area contributed by atoms with Crippen LogP contribution in [0.25, 0.3) is 0 Å². The molecule has 0 aliphatic carbocycles. The Morgan fingerprint density at radius 1 is 1.56 bits per heavy atom. The van der Waals surface area contributed by atoms with Gasteiger partial charge in [-0.25, -0.2) is 0 Å². The van der Waals surface area contributed by atoms with Crippen LogP contribution in [-0.2, 0) is 11.3 Å². The smallest absolute Gasteiger partial charge is 0.0713 e. The number of ether oxygens (including phenoxy) is 1. The first-order chi connectivity index (χ1) is 6.31. The van der Waals surface area contributed by atoms with Gasteiger partial charge in [-0.2, -0.15) is 0 Å².